The Labute approximate surface area is 485 Å². The van der Waals surface area contributed by atoms with Crippen LogP contribution in [0.25, 0.3) is 20.9 Å². The molecular formula is C62H54Cl2N6O9S2. The number of carbonyl (C=O) groups excluding carboxylic acids is 5. The summed E-state index contributed by atoms with van der Waals surface area (Å²) in [6.45, 7) is 5.25. The Kier molecular flexibility index (Phi) is 17.1. The molecule has 19 heteroatoms. The highest BCUT2D eigenvalue weighted by Gasteiger charge is 2.30. The molecule has 2 aliphatic heterocycles. The number of pyridine rings is 2. The van der Waals surface area contributed by atoms with Crippen molar-refractivity contribution in [2.75, 3.05) is 47.2 Å². The summed E-state index contributed by atoms with van der Waals surface area (Å²) in [7, 11) is 0. The number of amides is 3. The van der Waals surface area contributed by atoms with Crippen molar-refractivity contribution >= 4 is 104 Å². The lowest BCUT2D eigenvalue weighted by Gasteiger charge is -2.23. The molecule has 4 aromatic heterocycles. The number of nitrogens with two attached hydrogens (primary N) is 1. The molecule has 0 fully saturated rings. The summed E-state index contributed by atoms with van der Waals surface area (Å²) in [5, 5.41) is 11.9. The minimum atomic E-state index is -1.01. The molecule has 3 amide bonds. The molecule has 4 aromatic carbocycles. The maximum atomic E-state index is 13.7. The first-order chi connectivity index (χ1) is 39.2. The van der Waals surface area contributed by atoms with Crippen molar-refractivity contribution in [2.45, 2.75) is 65.2 Å². The van der Waals surface area contributed by atoms with Gasteiger partial charge in [0.25, 0.3) is 17.7 Å². The van der Waals surface area contributed by atoms with Crippen LogP contribution in [0, 0.1) is 0 Å². The number of rotatable bonds is 9. The summed E-state index contributed by atoms with van der Waals surface area (Å²) in [5.74, 6) is -2.17. The summed E-state index contributed by atoms with van der Waals surface area (Å²) < 4.78 is 10.3. The van der Waals surface area contributed by atoms with Crippen molar-refractivity contribution in [1.82, 2.24) is 9.97 Å². The largest absolute Gasteiger partial charge is 0.478 e. The first kappa shape index (κ1) is 56.1. The van der Waals surface area contributed by atoms with Crippen LogP contribution in [0.4, 0.5) is 22.7 Å². The number of halogens is 2. The van der Waals surface area contributed by atoms with Crippen LogP contribution in [0.1, 0.15) is 121 Å². The molecule has 0 saturated heterocycles. The standard InChI is InChI=1S/C31H26ClN3O4S.C22H20N2O3S.C9H8ClNO2/c1-2-39-31(38)26-17-20-14-15-35(25-9-4-3-7-22(25)27(20)40-26)30(37)18-10-12-21(13-11-18)33-29(36)23-16-19-6-5-8-24(19)34-28(23)32;1-2-27-22(26)19-13-15-11-12-24(21(25)14-7-9-16(23)10-8-14)18-6-4-3-5-17(18)20(15)28-19;10-8-6(9(12)13)4-5-2-1-3-7(5)11-8/h3-4,7,9-13,16-17H,2,5-6,8,14-15H2,1H3,(H,33,36);3-10,13H,2,11-12,23H2,1H3;4H,1-3H2,(H,12,13). The summed E-state index contributed by atoms with van der Waals surface area (Å²) in [4.78, 5) is 90.2. The van der Waals surface area contributed by atoms with Crippen molar-refractivity contribution in [1.29, 1.82) is 0 Å². The van der Waals surface area contributed by atoms with Gasteiger partial charge in [0.2, 0.25) is 0 Å². The maximum absolute atomic E-state index is 13.7. The van der Waals surface area contributed by atoms with Crippen LogP contribution < -0.4 is 20.9 Å². The van der Waals surface area contributed by atoms with E-state index in [4.69, 9.17) is 43.5 Å². The van der Waals surface area contributed by atoms with Gasteiger partial charge in [0, 0.05) is 67.9 Å². The number of carbonyl (C=O) groups is 6. The molecule has 4 aliphatic rings. The number of carboxylic acid groups (broad SMARTS) is 1. The number of nitrogen functional groups attached to an aromatic ring is 1. The van der Waals surface area contributed by atoms with Crippen LogP contribution in [0.15, 0.2) is 121 Å². The Balaban J connectivity index is 0.000000155. The zero-order valence-electron chi connectivity index (χ0n) is 44.2. The molecule has 81 heavy (non-hydrogen) atoms. The van der Waals surface area contributed by atoms with Gasteiger partial charge in [-0.25, -0.2) is 24.4 Å². The molecule has 0 saturated carbocycles. The number of nitrogens with zero attached hydrogens (tertiary/aromatic N) is 4. The molecule has 2 aliphatic carbocycles. The van der Waals surface area contributed by atoms with Crippen molar-refractivity contribution in [2.24, 2.45) is 0 Å². The number of esters is 2. The van der Waals surface area contributed by atoms with Gasteiger partial charge in [0.1, 0.15) is 20.1 Å². The lowest BCUT2D eigenvalue weighted by Crippen LogP contribution is -2.32. The van der Waals surface area contributed by atoms with Gasteiger partial charge in [-0.05, 0) is 172 Å². The Hall–Kier alpha value is -8.22. The van der Waals surface area contributed by atoms with E-state index < -0.39 is 5.97 Å². The molecule has 0 radical (unpaired) electrons. The second-order valence-corrected chi connectivity index (χ2v) is 22.2. The zero-order chi connectivity index (χ0) is 56.9. The minimum absolute atomic E-state index is 0.0618. The van der Waals surface area contributed by atoms with Gasteiger partial charge in [-0.15, -0.1) is 22.7 Å². The third-order valence-electron chi connectivity index (χ3n) is 14.2. The Morgan fingerprint density at radius 3 is 1.49 bits per heavy atom. The second kappa shape index (κ2) is 24.7. The second-order valence-electron chi connectivity index (χ2n) is 19.3. The van der Waals surface area contributed by atoms with Gasteiger partial charge in [-0.3, -0.25) is 14.4 Å². The van der Waals surface area contributed by atoms with Crippen molar-refractivity contribution < 1.29 is 43.3 Å². The number of hydrogen-bond acceptors (Lipinski definition) is 13. The van der Waals surface area contributed by atoms with Crippen LogP contribution in [0.2, 0.25) is 10.3 Å². The predicted molar refractivity (Wildman–Crippen MR) is 317 cm³/mol. The number of hydrogen-bond donors (Lipinski definition) is 3. The van der Waals surface area contributed by atoms with E-state index in [2.05, 4.69) is 15.3 Å². The molecule has 412 valence electrons. The van der Waals surface area contributed by atoms with Crippen LogP contribution in [-0.2, 0) is 48.0 Å². The first-order valence-electron chi connectivity index (χ1n) is 26.5. The summed E-state index contributed by atoms with van der Waals surface area (Å²) in [6, 6.07) is 36.6. The lowest BCUT2D eigenvalue weighted by atomic mass is 10.1. The first-order valence-corrected chi connectivity index (χ1v) is 28.9. The number of aromatic carboxylic acids is 1. The van der Waals surface area contributed by atoms with Gasteiger partial charge < -0.3 is 35.4 Å². The zero-order valence-corrected chi connectivity index (χ0v) is 47.3. The van der Waals surface area contributed by atoms with E-state index in [0.29, 0.717) is 77.0 Å². The van der Waals surface area contributed by atoms with Crippen LogP contribution >= 0.6 is 45.9 Å². The van der Waals surface area contributed by atoms with Gasteiger partial charge in [-0.1, -0.05) is 59.6 Å². The third-order valence-corrected chi connectivity index (χ3v) is 17.1. The average Bonchev–Trinajstić information content (AvgIpc) is 4.46. The number of para-hydroxylation sites is 2. The van der Waals surface area contributed by atoms with Crippen molar-refractivity contribution in [3.05, 3.63) is 197 Å². The molecule has 0 spiro atoms. The molecule has 6 heterocycles. The number of ether oxygens (including phenoxy) is 2. The normalized spacial score (nSPS) is 13.4. The van der Waals surface area contributed by atoms with E-state index in [9.17, 15) is 28.8 Å². The molecule has 0 unspecified atom stereocenters. The van der Waals surface area contributed by atoms with E-state index in [-0.39, 0.29) is 45.5 Å². The number of fused-ring (bicyclic) bond motifs is 8. The van der Waals surface area contributed by atoms with E-state index in [1.54, 1.807) is 78.2 Å². The highest BCUT2D eigenvalue weighted by molar-refractivity contribution is 7.18. The number of benzene rings is 4. The van der Waals surface area contributed by atoms with Gasteiger partial charge in [0.05, 0.1) is 35.7 Å². The lowest BCUT2D eigenvalue weighted by molar-refractivity contribution is 0.0522. The Morgan fingerprint density at radius 1 is 0.580 bits per heavy atom. The molecule has 4 N–H and O–H groups in total. The van der Waals surface area contributed by atoms with E-state index in [1.807, 2.05) is 66.7 Å². The number of anilines is 4. The molecule has 12 rings (SSSR count). The van der Waals surface area contributed by atoms with Crippen molar-refractivity contribution in [3.8, 4) is 20.9 Å². The van der Waals surface area contributed by atoms with Crippen molar-refractivity contribution in [3.63, 3.8) is 0 Å². The SMILES string of the molecule is CCOC(=O)c1cc2c(s1)-c1ccccc1N(C(=O)c1ccc(N)cc1)CC2.CCOC(=O)c1cc2c(s1)-c1ccccc1N(C(=O)c1ccc(NC(=O)c3cc4c(nc3Cl)CCC4)cc1)CC2.O=C(O)c1cc2c(nc1Cl)CCC2. The van der Waals surface area contributed by atoms with E-state index in [0.717, 1.165) is 104 Å². The maximum Gasteiger partial charge on any atom is 0.348 e. The smallest absolute Gasteiger partial charge is 0.348 e. The summed E-state index contributed by atoms with van der Waals surface area (Å²) in [6.07, 6.45) is 6.95. The Bertz CT molecular complexity index is 3770. The fraction of sp³-hybridized carbons (Fsp3) is 0.226. The minimum Gasteiger partial charge on any atom is -0.478 e. The molecular weight excluding hydrogens is 1110 g/mol. The Morgan fingerprint density at radius 2 is 1.02 bits per heavy atom. The van der Waals surface area contributed by atoms with Crippen LogP contribution in [0.5, 0.6) is 0 Å². The number of thiophene rings is 2. The van der Waals surface area contributed by atoms with E-state index in [1.165, 1.54) is 22.7 Å². The topological polar surface area (TPSA) is 211 Å². The van der Waals surface area contributed by atoms with Gasteiger partial charge in [0.15, 0.2) is 0 Å². The number of aromatic nitrogens is 2. The van der Waals surface area contributed by atoms with Crippen LogP contribution in [-0.4, -0.2) is 77.0 Å². The molecule has 0 atom stereocenters. The number of nitrogens with one attached hydrogen (secondary N) is 1. The molecule has 15 nitrogen and oxygen atoms in total. The summed E-state index contributed by atoms with van der Waals surface area (Å²) >= 11 is 14.8. The van der Waals surface area contributed by atoms with Gasteiger partial charge >= 0.3 is 17.9 Å². The molecule has 8 aromatic rings. The number of carboxylic acids is 1. The number of aryl methyl sites for hydroxylation is 4. The van der Waals surface area contributed by atoms with Crippen LogP contribution in [0.3, 0.4) is 0 Å². The predicted octanol–water partition coefficient (Wildman–Crippen LogP) is 12.9. The fourth-order valence-corrected chi connectivity index (χ4v) is 13.0. The molecule has 0 bridgehead atoms. The fourth-order valence-electron chi connectivity index (χ4n) is 10.3. The quantitative estimate of drug-likeness (QED) is 0.0700. The highest BCUT2D eigenvalue weighted by Crippen LogP contribution is 2.44. The average molecular weight is 1160 g/mol. The summed E-state index contributed by atoms with van der Waals surface area (Å²) in [5.41, 5.74) is 18.1. The van der Waals surface area contributed by atoms with Gasteiger partial charge in [-0.2, -0.15) is 0 Å². The highest BCUT2D eigenvalue weighted by atomic mass is 35.5. The third kappa shape index (κ3) is 12.1. The monoisotopic (exact) mass is 1160 g/mol. The van der Waals surface area contributed by atoms with E-state index >= 15 is 0 Å².